The van der Waals surface area contributed by atoms with E-state index >= 15 is 0 Å². The molecule has 0 radical (unpaired) electrons. The third kappa shape index (κ3) is 5.12. The van der Waals surface area contributed by atoms with Crippen LogP contribution >= 0.6 is 24.0 Å². The van der Waals surface area contributed by atoms with Crippen LogP contribution in [0, 0.1) is 5.41 Å². The van der Waals surface area contributed by atoms with E-state index in [1.54, 1.807) is 13.2 Å². The van der Waals surface area contributed by atoms with Crippen LogP contribution in [0.1, 0.15) is 39.3 Å². The Bertz CT molecular complexity index is 504. The molecule has 0 unspecified atom stereocenters. The predicted molar refractivity (Wildman–Crippen MR) is 97.7 cm³/mol. The first-order chi connectivity index (χ1) is 9.82. The predicted octanol–water partition coefficient (Wildman–Crippen LogP) is 2.29. The number of hydrogen-bond acceptors (Lipinski definition) is 4. The second-order valence-electron chi connectivity index (χ2n) is 6.95. The van der Waals surface area contributed by atoms with Gasteiger partial charge in [-0.05, 0) is 0 Å². The zero-order chi connectivity index (χ0) is 15.5. The molecule has 0 amide bonds. The number of aliphatic imine (C=N–C) groups is 1. The summed E-state index contributed by atoms with van der Waals surface area (Å²) < 4.78 is 11.0. The maximum Gasteiger partial charge on any atom is 0.213 e. The highest BCUT2D eigenvalue weighted by Gasteiger charge is 2.33. The highest BCUT2D eigenvalue weighted by molar-refractivity contribution is 14.0. The summed E-state index contributed by atoms with van der Waals surface area (Å²) in [5.41, 5.74) is 0.184. The fourth-order valence-electron chi connectivity index (χ4n) is 1.97. The number of ether oxygens (including phenoxy) is 1. The van der Waals surface area contributed by atoms with E-state index in [-0.39, 0.29) is 34.8 Å². The molecule has 7 heteroatoms. The van der Waals surface area contributed by atoms with Crippen LogP contribution in [-0.2, 0) is 16.7 Å². The molecular weight excluding hydrogens is 395 g/mol. The second-order valence-corrected chi connectivity index (χ2v) is 6.95. The fraction of sp³-hybridized carbons (Fsp3) is 0.733. The van der Waals surface area contributed by atoms with E-state index in [1.807, 2.05) is 0 Å². The van der Waals surface area contributed by atoms with Gasteiger partial charge in [0.15, 0.2) is 5.96 Å². The van der Waals surface area contributed by atoms with Crippen LogP contribution in [0.4, 0.5) is 0 Å². The molecule has 2 N–H and O–H groups in total. The highest BCUT2D eigenvalue weighted by atomic mass is 127. The summed E-state index contributed by atoms with van der Waals surface area (Å²) in [6.45, 7) is 11.5. The molecule has 1 saturated heterocycles. The van der Waals surface area contributed by atoms with E-state index in [4.69, 9.17) is 9.15 Å². The maximum absolute atomic E-state index is 5.74. The zero-order valence-electron chi connectivity index (χ0n) is 14.0. The van der Waals surface area contributed by atoms with Gasteiger partial charge in [0.1, 0.15) is 5.76 Å². The normalized spacial score (nSPS) is 17.4. The molecule has 0 saturated carbocycles. The summed E-state index contributed by atoms with van der Waals surface area (Å²) in [5.74, 6) is 2.31. The van der Waals surface area contributed by atoms with E-state index in [0.29, 0.717) is 12.4 Å². The molecule has 0 spiro atoms. The summed E-state index contributed by atoms with van der Waals surface area (Å²) in [6, 6.07) is 0. The molecular formula is C15H27IN4O2. The molecule has 1 aromatic rings. The summed E-state index contributed by atoms with van der Waals surface area (Å²) >= 11 is 0. The van der Waals surface area contributed by atoms with Crippen LogP contribution in [0.5, 0.6) is 0 Å². The average molecular weight is 422 g/mol. The third-order valence-corrected chi connectivity index (χ3v) is 3.51. The SMILES string of the molecule is CN=C(NCc1ncc(C(C)(C)C)o1)NCC1(C)COC1.I. The van der Waals surface area contributed by atoms with Crippen molar-refractivity contribution in [3.63, 3.8) is 0 Å². The Morgan fingerprint density at radius 2 is 2.05 bits per heavy atom. The van der Waals surface area contributed by atoms with Gasteiger partial charge in [-0.15, -0.1) is 24.0 Å². The molecule has 1 aromatic heterocycles. The van der Waals surface area contributed by atoms with E-state index in [1.165, 1.54) is 0 Å². The smallest absolute Gasteiger partial charge is 0.213 e. The van der Waals surface area contributed by atoms with Crippen LogP contribution in [-0.4, -0.2) is 37.7 Å². The molecule has 2 rings (SSSR count). The molecule has 2 heterocycles. The van der Waals surface area contributed by atoms with E-state index in [2.05, 4.69) is 48.3 Å². The molecule has 126 valence electrons. The lowest BCUT2D eigenvalue weighted by Gasteiger charge is -2.38. The summed E-state index contributed by atoms with van der Waals surface area (Å²) in [6.07, 6.45) is 1.79. The zero-order valence-corrected chi connectivity index (χ0v) is 16.4. The van der Waals surface area contributed by atoms with Crippen LogP contribution in [0.2, 0.25) is 0 Å². The Hall–Kier alpha value is -0.830. The lowest BCUT2D eigenvalue weighted by atomic mass is 9.89. The number of guanidine groups is 1. The Balaban J connectivity index is 0.00000242. The Morgan fingerprint density at radius 1 is 1.36 bits per heavy atom. The van der Waals surface area contributed by atoms with Gasteiger partial charge in [0.2, 0.25) is 5.89 Å². The van der Waals surface area contributed by atoms with Crippen molar-refractivity contribution in [3.05, 3.63) is 17.8 Å². The van der Waals surface area contributed by atoms with Crippen LogP contribution in [0.15, 0.2) is 15.6 Å². The van der Waals surface area contributed by atoms with Crippen LogP contribution in [0.25, 0.3) is 0 Å². The average Bonchev–Trinajstić information content (AvgIpc) is 2.85. The van der Waals surface area contributed by atoms with E-state index < -0.39 is 0 Å². The lowest BCUT2D eigenvalue weighted by molar-refractivity contribution is -0.0971. The summed E-state index contributed by atoms with van der Waals surface area (Å²) in [4.78, 5) is 8.50. The van der Waals surface area contributed by atoms with E-state index in [9.17, 15) is 0 Å². The highest BCUT2D eigenvalue weighted by Crippen LogP contribution is 2.25. The minimum atomic E-state index is -0.0238. The van der Waals surface area contributed by atoms with Gasteiger partial charge in [0.05, 0.1) is 26.0 Å². The van der Waals surface area contributed by atoms with Gasteiger partial charge in [-0.2, -0.15) is 0 Å². The molecule has 0 atom stereocenters. The molecule has 0 aliphatic carbocycles. The monoisotopic (exact) mass is 422 g/mol. The minimum absolute atomic E-state index is 0. The first kappa shape index (κ1) is 19.2. The van der Waals surface area contributed by atoms with Crippen molar-refractivity contribution in [3.8, 4) is 0 Å². The lowest BCUT2D eigenvalue weighted by Crippen LogP contribution is -2.50. The maximum atomic E-state index is 5.74. The number of aromatic nitrogens is 1. The van der Waals surface area contributed by atoms with Crippen molar-refractivity contribution >= 4 is 29.9 Å². The van der Waals surface area contributed by atoms with Gasteiger partial charge in [0.25, 0.3) is 0 Å². The number of nitrogens with zero attached hydrogens (tertiary/aromatic N) is 2. The third-order valence-electron chi connectivity index (χ3n) is 3.51. The molecule has 1 fully saturated rings. The number of oxazole rings is 1. The first-order valence-electron chi connectivity index (χ1n) is 7.30. The molecule has 0 bridgehead atoms. The molecule has 6 nitrogen and oxygen atoms in total. The number of halogens is 1. The topological polar surface area (TPSA) is 71.7 Å². The van der Waals surface area contributed by atoms with Gasteiger partial charge in [0, 0.05) is 24.4 Å². The summed E-state index contributed by atoms with van der Waals surface area (Å²) in [5, 5.41) is 6.52. The van der Waals surface area contributed by atoms with Crippen molar-refractivity contribution in [1.29, 1.82) is 0 Å². The Labute approximate surface area is 149 Å². The van der Waals surface area contributed by atoms with Crippen LogP contribution < -0.4 is 10.6 Å². The largest absolute Gasteiger partial charge is 0.443 e. The standard InChI is InChI=1S/C15H26N4O2.HI/c1-14(2,3)11-6-17-12(21-11)7-18-13(16-5)19-8-15(4)9-20-10-15;/h6H,7-10H2,1-5H3,(H2,16,18,19);1H. The van der Waals surface area contributed by atoms with Gasteiger partial charge < -0.3 is 19.8 Å². The number of nitrogens with one attached hydrogen (secondary N) is 2. The van der Waals surface area contributed by atoms with Crippen molar-refractivity contribution in [2.45, 2.75) is 39.7 Å². The quantitative estimate of drug-likeness (QED) is 0.443. The van der Waals surface area contributed by atoms with Gasteiger partial charge in [-0.25, -0.2) is 4.98 Å². The van der Waals surface area contributed by atoms with Gasteiger partial charge >= 0.3 is 0 Å². The molecule has 1 aliphatic rings. The summed E-state index contributed by atoms with van der Waals surface area (Å²) in [7, 11) is 1.76. The van der Waals surface area contributed by atoms with Crippen molar-refractivity contribution in [1.82, 2.24) is 15.6 Å². The van der Waals surface area contributed by atoms with Crippen LogP contribution in [0.3, 0.4) is 0 Å². The minimum Gasteiger partial charge on any atom is -0.443 e. The van der Waals surface area contributed by atoms with Crippen molar-refractivity contribution in [2.75, 3.05) is 26.8 Å². The van der Waals surface area contributed by atoms with E-state index in [0.717, 1.165) is 31.5 Å². The molecule has 22 heavy (non-hydrogen) atoms. The number of rotatable bonds is 4. The molecule has 0 aromatic carbocycles. The molecule has 1 aliphatic heterocycles. The first-order valence-corrected chi connectivity index (χ1v) is 7.30. The van der Waals surface area contributed by atoms with Gasteiger partial charge in [-0.3, -0.25) is 4.99 Å². The van der Waals surface area contributed by atoms with Crippen molar-refractivity contribution < 1.29 is 9.15 Å². The van der Waals surface area contributed by atoms with Crippen molar-refractivity contribution in [2.24, 2.45) is 10.4 Å². The number of hydrogen-bond donors (Lipinski definition) is 2. The Morgan fingerprint density at radius 3 is 2.50 bits per heavy atom. The van der Waals surface area contributed by atoms with Gasteiger partial charge in [-0.1, -0.05) is 27.7 Å². The fourth-order valence-corrected chi connectivity index (χ4v) is 1.97. The second kappa shape index (κ2) is 7.63. The Kier molecular flexibility index (Phi) is 6.66.